The van der Waals surface area contributed by atoms with E-state index in [4.69, 9.17) is 0 Å². The first-order valence-electron chi connectivity index (χ1n) is 6.80. The maximum absolute atomic E-state index is 12.7. The smallest absolute Gasteiger partial charge is 0.244 e. The van der Waals surface area contributed by atoms with Crippen LogP contribution in [0.2, 0.25) is 0 Å². The van der Waals surface area contributed by atoms with Crippen molar-refractivity contribution in [3.05, 3.63) is 16.3 Å². The minimum atomic E-state index is -3.36. The van der Waals surface area contributed by atoms with Gasteiger partial charge in [-0.25, -0.2) is 8.42 Å². The molecule has 5 nitrogen and oxygen atoms in total. The van der Waals surface area contributed by atoms with Crippen LogP contribution in [-0.2, 0) is 16.6 Å². The van der Waals surface area contributed by atoms with Crippen LogP contribution in [0.5, 0.6) is 0 Å². The van der Waals surface area contributed by atoms with Gasteiger partial charge in [-0.05, 0) is 34.0 Å². The van der Waals surface area contributed by atoms with E-state index in [9.17, 15) is 8.42 Å². The van der Waals surface area contributed by atoms with Crippen molar-refractivity contribution < 1.29 is 8.42 Å². The van der Waals surface area contributed by atoms with Crippen LogP contribution >= 0.6 is 11.3 Å². The predicted octanol–water partition coefficient (Wildman–Crippen LogP) is 1.18. The number of thiophene rings is 1. The normalized spacial score (nSPS) is 26.0. The molecule has 1 aromatic rings. The number of piperazine rings is 1. The molecule has 2 atom stereocenters. The van der Waals surface area contributed by atoms with Crippen LogP contribution in [0.15, 0.2) is 16.3 Å². The Hall–Kier alpha value is -0.470. The number of nitrogens with zero attached hydrogens (tertiary/aromatic N) is 2. The van der Waals surface area contributed by atoms with Crippen LogP contribution in [0.3, 0.4) is 0 Å². The number of likely N-dealkylation sites (N-methyl/N-ethyl adjacent to an activating group) is 1. The van der Waals surface area contributed by atoms with E-state index in [1.807, 2.05) is 7.05 Å². The average Bonchev–Trinajstić information content (AvgIpc) is 2.85. The first kappa shape index (κ1) is 15.9. The SMILES string of the molecule is CNCc1cc(S(=O)(=O)N2CC(C)N(C)C(C)C2)cs1. The van der Waals surface area contributed by atoms with Gasteiger partial charge in [0.25, 0.3) is 0 Å². The zero-order chi connectivity index (χ0) is 14.9. The van der Waals surface area contributed by atoms with Crippen LogP contribution in [0, 0.1) is 0 Å². The van der Waals surface area contributed by atoms with E-state index >= 15 is 0 Å². The molecule has 1 N–H and O–H groups in total. The summed E-state index contributed by atoms with van der Waals surface area (Å²) in [7, 11) is 0.550. The molecule has 0 bridgehead atoms. The van der Waals surface area contributed by atoms with Gasteiger partial charge in [0.15, 0.2) is 0 Å². The Kier molecular flexibility index (Phi) is 4.86. The van der Waals surface area contributed by atoms with Gasteiger partial charge < -0.3 is 5.32 Å². The monoisotopic (exact) mass is 317 g/mol. The summed E-state index contributed by atoms with van der Waals surface area (Å²) in [6.45, 7) is 5.95. The third-order valence-corrected chi connectivity index (χ3v) is 6.84. The summed E-state index contributed by atoms with van der Waals surface area (Å²) in [5.74, 6) is 0. The van der Waals surface area contributed by atoms with Gasteiger partial charge in [0.2, 0.25) is 10.0 Å². The van der Waals surface area contributed by atoms with E-state index in [2.05, 4.69) is 31.1 Å². The molecule has 0 aliphatic carbocycles. The molecule has 114 valence electrons. The van der Waals surface area contributed by atoms with E-state index in [-0.39, 0.29) is 12.1 Å². The summed E-state index contributed by atoms with van der Waals surface area (Å²) in [6.07, 6.45) is 0. The second-order valence-corrected chi connectivity index (χ2v) is 8.40. The fourth-order valence-corrected chi connectivity index (χ4v) is 5.34. The molecular weight excluding hydrogens is 294 g/mol. The highest BCUT2D eigenvalue weighted by atomic mass is 32.2. The van der Waals surface area contributed by atoms with E-state index in [1.54, 1.807) is 15.8 Å². The van der Waals surface area contributed by atoms with Crippen molar-refractivity contribution in [2.45, 2.75) is 37.4 Å². The van der Waals surface area contributed by atoms with Crippen LogP contribution in [-0.4, -0.2) is 56.9 Å². The zero-order valence-corrected chi connectivity index (χ0v) is 14.1. The Labute approximate surface area is 125 Å². The number of nitrogens with one attached hydrogen (secondary N) is 1. The molecule has 1 saturated heterocycles. The van der Waals surface area contributed by atoms with Gasteiger partial charge in [0, 0.05) is 42.0 Å². The summed E-state index contributed by atoms with van der Waals surface area (Å²) in [5, 5.41) is 4.79. The number of hydrogen-bond acceptors (Lipinski definition) is 5. The molecule has 7 heteroatoms. The Bertz CT molecular complexity index is 544. The lowest BCUT2D eigenvalue weighted by Gasteiger charge is -2.41. The maximum atomic E-state index is 12.7. The first-order valence-corrected chi connectivity index (χ1v) is 9.12. The van der Waals surface area contributed by atoms with E-state index in [0.717, 1.165) is 4.88 Å². The minimum Gasteiger partial charge on any atom is -0.315 e. The maximum Gasteiger partial charge on any atom is 0.244 e. The summed E-state index contributed by atoms with van der Waals surface area (Å²) < 4.78 is 27.0. The van der Waals surface area contributed by atoms with Crippen LogP contribution < -0.4 is 5.32 Å². The van der Waals surface area contributed by atoms with E-state index in [0.29, 0.717) is 24.5 Å². The van der Waals surface area contributed by atoms with Crippen molar-refractivity contribution in [3.8, 4) is 0 Å². The molecule has 0 radical (unpaired) electrons. The van der Waals surface area contributed by atoms with Gasteiger partial charge in [-0.15, -0.1) is 11.3 Å². The Morgan fingerprint density at radius 2 is 1.95 bits per heavy atom. The summed E-state index contributed by atoms with van der Waals surface area (Å²) in [6, 6.07) is 2.26. The molecule has 0 spiro atoms. The van der Waals surface area contributed by atoms with Crippen LogP contribution in [0.4, 0.5) is 0 Å². The van der Waals surface area contributed by atoms with E-state index in [1.165, 1.54) is 11.3 Å². The quantitative estimate of drug-likeness (QED) is 0.906. The molecule has 1 aliphatic heterocycles. The van der Waals surface area contributed by atoms with Gasteiger partial charge >= 0.3 is 0 Å². The third kappa shape index (κ3) is 3.07. The standard InChI is InChI=1S/C13H23N3O2S2/c1-10-7-16(8-11(2)15(10)4)20(17,18)13-5-12(6-14-3)19-9-13/h5,9-11,14H,6-8H2,1-4H3. The highest BCUT2D eigenvalue weighted by molar-refractivity contribution is 7.89. The van der Waals surface area contributed by atoms with Crippen molar-refractivity contribution >= 4 is 21.4 Å². The Balaban J connectivity index is 2.21. The van der Waals surface area contributed by atoms with Crippen molar-refractivity contribution in [2.24, 2.45) is 0 Å². The van der Waals surface area contributed by atoms with Gasteiger partial charge in [-0.2, -0.15) is 4.31 Å². The molecule has 2 heterocycles. The van der Waals surface area contributed by atoms with Crippen molar-refractivity contribution in [2.75, 3.05) is 27.2 Å². The first-order chi connectivity index (χ1) is 9.36. The van der Waals surface area contributed by atoms with Gasteiger partial charge in [0.05, 0.1) is 4.90 Å². The summed E-state index contributed by atoms with van der Waals surface area (Å²) in [4.78, 5) is 3.70. The average molecular weight is 317 g/mol. The fraction of sp³-hybridized carbons (Fsp3) is 0.692. The summed E-state index contributed by atoms with van der Waals surface area (Å²) >= 11 is 1.49. The zero-order valence-electron chi connectivity index (χ0n) is 12.5. The lowest BCUT2D eigenvalue weighted by Crippen LogP contribution is -2.56. The molecule has 20 heavy (non-hydrogen) atoms. The second-order valence-electron chi connectivity index (χ2n) is 5.46. The Morgan fingerprint density at radius 3 is 2.50 bits per heavy atom. The molecule has 0 saturated carbocycles. The number of rotatable bonds is 4. The van der Waals surface area contributed by atoms with Crippen molar-refractivity contribution in [3.63, 3.8) is 0 Å². The highest BCUT2D eigenvalue weighted by Gasteiger charge is 2.34. The number of hydrogen-bond donors (Lipinski definition) is 1. The van der Waals surface area contributed by atoms with Crippen LogP contribution in [0.25, 0.3) is 0 Å². The molecule has 2 unspecified atom stereocenters. The molecule has 1 aromatic heterocycles. The topological polar surface area (TPSA) is 52.7 Å². The van der Waals surface area contributed by atoms with Crippen LogP contribution in [0.1, 0.15) is 18.7 Å². The molecule has 2 rings (SSSR count). The molecule has 0 amide bonds. The predicted molar refractivity (Wildman–Crippen MR) is 82.5 cm³/mol. The van der Waals surface area contributed by atoms with Gasteiger partial charge in [0.1, 0.15) is 0 Å². The van der Waals surface area contributed by atoms with E-state index < -0.39 is 10.0 Å². The van der Waals surface area contributed by atoms with Crippen molar-refractivity contribution in [1.29, 1.82) is 0 Å². The van der Waals surface area contributed by atoms with Gasteiger partial charge in [-0.1, -0.05) is 0 Å². The molecular formula is C13H23N3O2S2. The second kappa shape index (κ2) is 6.11. The Morgan fingerprint density at radius 1 is 1.35 bits per heavy atom. The third-order valence-electron chi connectivity index (χ3n) is 3.94. The largest absolute Gasteiger partial charge is 0.315 e. The lowest BCUT2D eigenvalue weighted by molar-refractivity contribution is 0.105. The molecule has 1 aliphatic rings. The fourth-order valence-electron chi connectivity index (χ4n) is 2.46. The lowest BCUT2D eigenvalue weighted by atomic mass is 10.1. The minimum absolute atomic E-state index is 0.240. The highest BCUT2D eigenvalue weighted by Crippen LogP contribution is 2.25. The molecule has 1 fully saturated rings. The number of sulfonamides is 1. The van der Waals surface area contributed by atoms with Crippen molar-refractivity contribution in [1.82, 2.24) is 14.5 Å². The molecule has 0 aromatic carbocycles. The summed E-state index contributed by atoms with van der Waals surface area (Å²) in [5.41, 5.74) is 0. The van der Waals surface area contributed by atoms with Gasteiger partial charge in [-0.3, -0.25) is 4.90 Å².